The second-order valence-electron chi connectivity index (χ2n) is 4.34. The predicted octanol–water partition coefficient (Wildman–Crippen LogP) is 2.28. The maximum absolute atomic E-state index is 11.7. The quantitative estimate of drug-likeness (QED) is 0.846. The van der Waals surface area contributed by atoms with Crippen molar-refractivity contribution in [1.29, 1.82) is 0 Å². The number of benzene rings is 1. The van der Waals surface area contributed by atoms with Gasteiger partial charge in [0.15, 0.2) is 0 Å². The van der Waals surface area contributed by atoms with Crippen LogP contribution < -0.4 is 4.74 Å². The molecule has 1 aromatic carbocycles. The summed E-state index contributed by atoms with van der Waals surface area (Å²) in [4.78, 5) is 13.2. The van der Waals surface area contributed by atoms with Gasteiger partial charge in [0.2, 0.25) is 5.88 Å². The molecule has 0 saturated heterocycles. The second kappa shape index (κ2) is 5.48. The summed E-state index contributed by atoms with van der Waals surface area (Å²) in [5.74, 6) is 1.01. The highest BCUT2D eigenvalue weighted by Gasteiger charge is 2.07. The maximum atomic E-state index is 11.7. The van der Waals surface area contributed by atoms with Crippen molar-refractivity contribution >= 4 is 5.91 Å². The van der Waals surface area contributed by atoms with Gasteiger partial charge in [0.25, 0.3) is 5.91 Å². The Kier molecular flexibility index (Phi) is 3.75. The highest BCUT2D eigenvalue weighted by atomic mass is 16.5. The average molecular weight is 257 g/mol. The Bertz CT molecular complexity index is 562. The number of hydrogen-bond donors (Lipinski definition) is 0. The van der Waals surface area contributed by atoms with E-state index < -0.39 is 0 Å². The molecule has 0 atom stereocenters. The van der Waals surface area contributed by atoms with Gasteiger partial charge in [-0.3, -0.25) is 4.79 Å². The van der Waals surface area contributed by atoms with Crippen molar-refractivity contribution in [3.63, 3.8) is 0 Å². The summed E-state index contributed by atoms with van der Waals surface area (Å²) >= 11 is 0. The van der Waals surface area contributed by atoms with E-state index in [1.807, 2.05) is 13.0 Å². The molecule has 0 radical (unpaired) electrons. The number of amides is 1. The molecule has 5 heteroatoms. The molecule has 5 nitrogen and oxygen atoms in total. The van der Waals surface area contributed by atoms with Crippen LogP contribution in [0.2, 0.25) is 0 Å². The summed E-state index contributed by atoms with van der Waals surface area (Å²) in [6, 6.07) is 10.5. The van der Waals surface area contributed by atoms with E-state index in [9.17, 15) is 4.79 Å². The zero-order valence-corrected chi connectivity index (χ0v) is 11.1. The van der Waals surface area contributed by atoms with Gasteiger partial charge in [0.1, 0.15) is 5.75 Å². The SMILES string of the molecule is Cc1ccc(Oc2ccc(C(=O)N(C)C)cc2)nn1. The molecule has 1 aromatic heterocycles. The third-order valence-corrected chi connectivity index (χ3v) is 2.50. The Labute approximate surface area is 111 Å². The maximum Gasteiger partial charge on any atom is 0.253 e. The van der Waals surface area contributed by atoms with Crippen LogP contribution in [-0.4, -0.2) is 35.1 Å². The van der Waals surface area contributed by atoms with Gasteiger partial charge in [-0.15, -0.1) is 5.10 Å². The van der Waals surface area contributed by atoms with Gasteiger partial charge >= 0.3 is 0 Å². The Hall–Kier alpha value is -2.43. The Morgan fingerprint density at radius 3 is 2.26 bits per heavy atom. The molecule has 0 aliphatic rings. The lowest BCUT2D eigenvalue weighted by Crippen LogP contribution is -2.21. The molecular formula is C14H15N3O2. The minimum Gasteiger partial charge on any atom is -0.438 e. The van der Waals surface area contributed by atoms with Crippen molar-refractivity contribution in [2.24, 2.45) is 0 Å². The van der Waals surface area contributed by atoms with Crippen LogP contribution in [0.3, 0.4) is 0 Å². The summed E-state index contributed by atoms with van der Waals surface area (Å²) in [5, 5.41) is 7.82. The largest absolute Gasteiger partial charge is 0.438 e. The summed E-state index contributed by atoms with van der Waals surface area (Å²) in [6.45, 7) is 1.86. The monoisotopic (exact) mass is 257 g/mol. The van der Waals surface area contributed by atoms with Gasteiger partial charge in [-0.2, -0.15) is 5.10 Å². The van der Waals surface area contributed by atoms with Gasteiger partial charge in [0.05, 0.1) is 5.69 Å². The zero-order chi connectivity index (χ0) is 13.8. The first-order valence-corrected chi connectivity index (χ1v) is 5.86. The van der Waals surface area contributed by atoms with E-state index in [2.05, 4.69) is 10.2 Å². The number of hydrogen-bond acceptors (Lipinski definition) is 4. The summed E-state index contributed by atoms with van der Waals surface area (Å²) in [5.41, 5.74) is 1.45. The molecular weight excluding hydrogens is 242 g/mol. The van der Waals surface area contributed by atoms with Crippen LogP contribution >= 0.6 is 0 Å². The lowest BCUT2D eigenvalue weighted by Gasteiger charge is -2.10. The molecule has 1 heterocycles. The van der Waals surface area contributed by atoms with Crippen molar-refractivity contribution in [2.75, 3.05) is 14.1 Å². The van der Waals surface area contributed by atoms with Crippen LogP contribution in [0.4, 0.5) is 0 Å². The molecule has 0 aliphatic heterocycles. The van der Waals surface area contributed by atoms with E-state index in [1.165, 1.54) is 4.90 Å². The number of aromatic nitrogens is 2. The number of nitrogens with zero attached hydrogens (tertiary/aromatic N) is 3. The molecule has 0 bridgehead atoms. The fraction of sp³-hybridized carbons (Fsp3) is 0.214. The van der Waals surface area contributed by atoms with Crippen LogP contribution in [0.5, 0.6) is 11.6 Å². The lowest BCUT2D eigenvalue weighted by molar-refractivity contribution is 0.0827. The molecule has 0 unspecified atom stereocenters. The highest BCUT2D eigenvalue weighted by molar-refractivity contribution is 5.93. The Morgan fingerprint density at radius 2 is 1.74 bits per heavy atom. The predicted molar refractivity (Wildman–Crippen MR) is 71.3 cm³/mol. The van der Waals surface area contributed by atoms with E-state index in [-0.39, 0.29) is 5.91 Å². The van der Waals surface area contributed by atoms with Crippen molar-refractivity contribution in [2.45, 2.75) is 6.92 Å². The van der Waals surface area contributed by atoms with Crippen LogP contribution in [0, 0.1) is 6.92 Å². The third-order valence-electron chi connectivity index (χ3n) is 2.50. The molecule has 0 saturated carbocycles. The molecule has 0 N–H and O–H groups in total. The highest BCUT2D eigenvalue weighted by Crippen LogP contribution is 2.19. The molecule has 0 spiro atoms. The second-order valence-corrected chi connectivity index (χ2v) is 4.34. The van der Waals surface area contributed by atoms with E-state index in [0.717, 1.165) is 5.69 Å². The minimum absolute atomic E-state index is 0.0401. The van der Waals surface area contributed by atoms with E-state index >= 15 is 0 Å². The van der Waals surface area contributed by atoms with E-state index in [1.54, 1.807) is 44.4 Å². The fourth-order valence-electron chi connectivity index (χ4n) is 1.49. The molecule has 19 heavy (non-hydrogen) atoms. The number of ether oxygens (including phenoxy) is 1. The molecule has 2 rings (SSSR count). The molecule has 0 aliphatic carbocycles. The van der Waals surface area contributed by atoms with Crippen molar-refractivity contribution in [3.8, 4) is 11.6 Å². The number of rotatable bonds is 3. The number of carbonyl (C=O) groups excluding carboxylic acids is 1. The normalized spacial score (nSPS) is 10.1. The van der Waals surface area contributed by atoms with Crippen LogP contribution in [0.1, 0.15) is 16.1 Å². The number of carbonyl (C=O) groups is 1. The van der Waals surface area contributed by atoms with E-state index in [4.69, 9.17) is 4.74 Å². The standard InChI is InChI=1S/C14H15N3O2/c1-10-4-9-13(16-15-10)19-12-7-5-11(6-8-12)14(18)17(2)3/h4-9H,1-3H3. The Morgan fingerprint density at radius 1 is 1.05 bits per heavy atom. The Balaban J connectivity index is 2.10. The first-order chi connectivity index (χ1) is 9.06. The van der Waals surface area contributed by atoms with Gasteiger partial charge < -0.3 is 9.64 Å². The molecule has 0 fully saturated rings. The van der Waals surface area contributed by atoms with Gasteiger partial charge in [-0.05, 0) is 37.3 Å². The fourth-order valence-corrected chi connectivity index (χ4v) is 1.49. The first kappa shape index (κ1) is 13.0. The van der Waals surface area contributed by atoms with Crippen LogP contribution in [-0.2, 0) is 0 Å². The van der Waals surface area contributed by atoms with E-state index in [0.29, 0.717) is 17.2 Å². The summed E-state index contributed by atoms with van der Waals surface area (Å²) in [6.07, 6.45) is 0. The van der Waals surface area contributed by atoms with Crippen molar-refractivity contribution in [1.82, 2.24) is 15.1 Å². The van der Waals surface area contributed by atoms with Gasteiger partial charge in [-0.25, -0.2) is 0 Å². The average Bonchev–Trinajstić information content (AvgIpc) is 2.41. The minimum atomic E-state index is -0.0401. The van der Waals surface area contributed by atoms with Crippen LogP contribution in [0.25, 0.3) is 0 Å². The molecule has 2 aromatic rings. The van der Waals surface area contributed by atoms with Crippen molar-refractivity contribution in [3.05, 3.63) is 47.7 Å². The molecule has 98 valence electrons. The lowest BCUT2D eigenvalue weighted by atomic mass is 10.2. The zero-order valence-electron chi connectivity index (χ0n) is 11.1. The van der Waals surface area contributed by atoms with Gasteiger partial charge in [0, 0.05) is 25.7 Å². The topological polar surface area (TPSA) is 55.3 Å². The van der Waals surface area contributed by atoms with Crippen LogP contribution in [0.15, 0.2) is 36.4 Å². The van der Waals surface area contributed by atoms with Crippen molar-refractivity contribution < 1.29 is 9.53 Å². The number of aryl methyl sites for hydroxylation is 1. The first-order valence-electron chi connectivity index (χ1n) is 5.86. The van der Waals surface area contributed by atoms with Gasteiger partial charge in [-0.1, -0.05) is 0 Å². The smallest absolute Gasteiger partial charge is 0.253 e. The third kappa shape index (κ3) is 3.28. The summed E-state index contributed by atoms with van der Waals surface area (Å²) < 4.78 is 5.53. The molecule has 1 amide bonds. The summed E-state index contributed by atoms with van der Waals surface area (Å²) in [7, 11) is 3.43.